The first kappa shape index (κ1) is 11.6. The van der Waals surface area contributed by atoms with E-state index in [4.69, 9.17) is 5.73 Å². The number of anilines is 2. The number of nitrogens with two attached hydrogens (primary N) is 1. The van der Waals surface area contributed by atoms with E-state index in [2.05, 4.69) is 44.6 Å². The topological polar surface area (TPSA) is 55.0 Å². The summed E-state index contributed by atoms with van der Waals surface area (Å²) in [5, 5.41) is 0. The van der Waals surface area contributed by atoms with E-state index >= 15 is 0 Å². The minimum absolute atomic E-state index is 0.520. The highest BCUT2D eigenvalue weighted by Crippen LogP contribution is 2.28. The molecule has 1 atom stereocenters. The molecule has 4 nitrogen and oxygen atoms in total. The van der Waals surface area contributed by atoms with Crippen LogP contribution in [0, 0.1) is 5.92 Å². The second-order valence-corrected chi connectivity index (χ2v) is 5.37. The molecular weight excluding hydrogens is 268 g/mol. The van der Waals surface area contributed by atoms with E-state index in [-0.39, 0.29) is 0 Å². The summed E-state index contributed by atoms with van der Waals surface area (Å²) in [7, 11) is 0. The van der Waals surface area contributed by atoms with Gasteiger partial charge in [0, 0.05) is 18.7 Å². The van der Waals surface area contributed by atoms with Crippen molar-refractivity contribution in [3.05, 3.63) is 10.7 Å². The molecule has 1 aliphatic heterocycles. The van der Waals surface area contributed by atoms with Gasteiger partial charge in [-0.1, -0.05) is 13.8 Å². The van der Waals surface area contributed by atoms with Crippen molar-refractivity contribution in [1.29, 1.82) is 0 Å². The van der Waals surface area contributed by atoms with Gasteiger partial charge in [0.2, 0.25) is 5.95 Å². The average Bonchev–Trinajstić information content (AvgIpc) is 2.63. The first-order valence-corrected chi connectivity index (χ1v) is 6.44. The largest absolute Gasteiger partial charge is 0.383 e. The Morgan fingerprint density at radius 2 is 2.25 bits per heavy atom. The minimum atomic E-state index is 0.520. The van der Waals surface area contributed by atoms with E-state index in [0.29, 0.717) is 17.8 Å². The van der Waals surface area contributed by atoms with E-state index in [1.54, 1.807) is 6.07 Å². The normalized spacial score (nSPS) is 20.8. The van der Waals surface area contributed by atoms with Crippen LogP contribution in [0.4, 0.5) is 11.8 Å². The third kappa shape index (κ3) is 2.29. The van der Waals surface area contributed by atoms with Gasteiger partial charge in [0.25, 0.3) is 0 Å². The zero-order valence-electron chi connectivity index (χ0n) is 9.65. The molecule has 0 aliphatic carbocycles. The van der Waals surface area contributed by atoms with Crippen LogP contribution < -0.4 is 10.6 Å². The fourth-order valence-corrected chi connectivity index (χ4v) is 2.68. The van der Waals surface area contributed by atoms with Crippen LogP contribution in [0.3, 0.4) is 0 Å². The average molecular weight is 285 g/mol. The lowest BCUT2D eigenvalue weighted by Crippen LogP contribution is -2.34. The van der Waals surface area contributed by atoms with Crippen molar-refractivity contribution in [3.63, 3.8) is 0 Å². The highest BCUT2D eigenvalue weighted by Gasteiger charge is 2.29. The Morgan fingerprint density at radius 1 is 1.50 bits per heavy atom. The molecule has 16 heavy (non-hydrogen) atoms. The van der Waals surface area contributed by atoms with E-state index in [1.165, 1.54) is 12.8 Å². The Hall–Kier alpha value is -0.840. The molecule has 1 saturated heterocycles. The van der Waals surface area contributed by atoms with Gasteiger partial charge in [-0.05, 0) is 34.7 Å². The van der Waals surface area contributed by atoms with Crippen molar-refractivity contribution in [1.82, 2.24) is 9.97 Å². The number of hydrogen-bond donors (Lipinski definition) is 1. The molecule has 0 bridgehead atoms. The molecule has 0 aromatic carbocycles. The Morgan fingerprint density at radius 3 is 2.88 bits per heavy atom. The maximum atomic E-state index is 5.74. The molecule has 0 saturated carbocycles. The van der Waals surface area contributed by atoms with Gasteiger partial charge < -0.3 is 10.6 Å². The molecule has 88 valence electrons. The second-order valence-electron chi connectivity index (χ2n) is 4.56. The fraction of sp³-hybridized carbons (Fsp3) is 0.636. The fourth-order valence-electron chi connectivity index (χ4n) is 2.28. The van der Waals surface area contributed by atoms with Gasteiger partial charge in [-0.25, -0.2) is 4.98 Å². The first-order valence-electron chi connectivity index (χ1n) is 5.64. The lowest BCUT2D eigenvalue weighted by molar-refractivity contribution is 0.487. The van der Waals surface area contributed by atoms with Gasteiger partial charge >= 0.3 is 0 Å². The van der Waals surface area contributed by atoms with E-state index < -0.39 is 0 Å². The predicted molar refractivity (Wildman–Crippen MR) is 69.4 cm³/mol. The van der Waals surface area contributed by atoms with E-state index in [9.17, 15) is 0 Å². The molecule has 1 aromatic heterocycles. The van der Waals surface area contributed by atoms with Gasteiger partial charge in [-0.2, -0.15) is 4.98 Å². The zero-order chi connectivity index (χ0) is 11.7. The summed E-state index contributed by atoms with van der Waals surface area (Å²) in [4.78, 5) is 11.0. The number of hydrogen-bond acceptors (Lipinski definition) is 4. The Balaban J connectivity index is 2.29. The number of halogens is 1. The smallest absolute Gasteiger partial charge is 0.228 e. The molecule has 2 rings (SSSR count). The van der Waals surface area contributed by atoms with Gasteiger partial charge in [0.1, 0.15) is 10.4 Å². The maximum absolute atomic E-state index is 5.74. The standard InChI is InChI=1S/C11H17BrN4/c1-7(2)8-4-3-5-16(8)11-14-9(12)6-10(13)15-11/h6-8H,3-5H2,1-2H3,(H2,13,14,15). The Kier molecular flexibility index (Phi) is 3.33. The summed E-state index contributed by atoms with van der Waals surface area (Å²) in [6.45, 7) is 5.51. The van der Waals surface area contributed by atoms with Gasteiger partial charge in [-0.15, -0.1) is 0 Å². The monoisotopic (exact) mass is 284 g/mol. The quantitative estimate of drug-likeness (QED) is 0.848. The summed E-state index contributed by atoms with van der Waals surface area (Å²) in [6.07, 6.45) is 2.42. The molecule has 1 fully saturated rings. The molecule has 5 heteroatoms. The van der Waals surface area contributed by atoms with Crippen molar-refractivity contribution in [2.45, 2.75) is 32.7 Å². The highest BCUT2D eigenvalue weighted by molar-refractivity contribution is 9.10. The Labute approximate surface area is 104 Å². The van der Waals surface area contributed by atoms with Crippen molar-refractivity contribution >= 4 is 27.7 Å². The molecule has 0 spiro atoms. The van der Waals surface area contributed by atoms with Gasteiger partial charge in [0.15, 0.2) is 0 Å². The maximum Gasteiger partial charge on any atom is 0.228 e. The predicted octanol–water partition coefficient (Wildman–Crippen LogP) is 2.45. The van der Waals surface area contributed by atoms with Crippen LogP contribution in [-0.4, -0.2) is 22.6 Å². The number of aromatic nitrogens is 2. The third-order valence-corrected chi connectivity index (χ3v) is 3.43. The minimum Gasteiger partial charge on any atom is -0.383 e. The van der Waals surface area contributed by atoms with Gasteiger partial charge in [0.05, 0.1) is 0 Å². The molecule has 2 N–H and O–H groups in total. The lowest BCUT2D eigenvalue weighted by Gasteiger charge is -2.27. The molecule has 2 heterocycles. The van der Waals surface area contributed by atoms with E-state index in [0.717, 1.165) is 17.1 Å². The molecule has 1 aromatic rings. The summed E-state index contributed by atoms with van der Waals surface area (Å²) in [5.41, 5.74) is 5.74. The van der Waals surface area contributed by atoms with Crippen LogP contribution in [0.25, 0.3) is 0 Å². The van der Waals surface area contributed by atoms with Crippen molar-refractivity contribution in [3.8, 4) is 0 Å². The highest BCUT2D eigenvalue weighted by atomic mass is 79.9. The summed E-state index contributed by atoms with van der Waals surface area (Å²) < 4.78 is 0.754. The molecular formula is C11H17BrN4. The van der Waals surface area contributed by atoms with Crippen LogP contribution in [-0.2, 0) is 0 Å². The SMILES string of the molecule is CC(C)C1CCCN1c1nc(N)cc(Br)n1. The Bertz CT molecular complexity index is 360. The zero-order valence-corrected chi connectivity index (χ0v) is 11.2. The third-order valence-electron chi connectivity index (χ3n) is 3.03. The number of nitrogens with zero attached hydrogens (tertiary/aromatic N) is 3. The van der Waals surface area contributed by atoms with Crippen molar-refractivity contribution in [2.75, 3.05) is 17.2 Å². The summed E-state index contributed by atoms with van der Waals surface area (Å²) in [6, 6.07) is 2.26. The molecule has 1 unspecified atom stereocenters. The van der Waals surface area contributed by atoms with Crippen LogP contribution in [0.2, 0.25) is 0 Å². The van der Waals surface area contributed by atoms with Crippen molar-refractivity contribution in [2.24, 2.45) is 5.92 Å². The summed E-state index contributed by atoms with van der Waals surface area (Å²) in [5.74, 6) is 1.89. The van der Waals surface area contributed by atoms with Crippen LogP contribution in [0.5, 0.6) is 0 Å². The lowest BCUT2D eigenvalue weighted by atomic mass is 10.0. The second kappa shape index (κ2) is 4.57. The van der Waals surface area contributed by atoms with Crippen LogP contribution >= 0.6 is 15.9 Å². The molecule has 0 radical (unpaired) electrons. The number of rotatable bonds is 2. The summed E-state index contributed by atoms with van der Waals surface area (Å²) >= 11 is 3.36. The van der Waals surface area contributed by atoms with Gasteiger partial charge in [-0.3, -0.25) is 0 Å². The van der Waals surface area contributed by atoms with Crippen molar-refractivity contribution < 1.29 is 0 Å². The molecule has 1 aliphatic rings. The molecule has 0 amide bonds. The van der Waals surface area contributed by atoms with E-state index in [1.807, 2.05) is 0 Å². The van der Waals surface area contributed by atoms with Crippen LogP contribution in [0.1, 0.15) is 26.7 Å². The van der Waals surface area contributed by atoms with Crippen LogP contribution in [0.15, 0.2) is 10.7 Å². The number of nitrogen functional groups attached to an aromatic ring is 1. The first-order chi connectivity index (χ1) is 7.58.